The van der Waals surface area contributed by atoms with Crippen molar-refractivity contribution >= 4 is 5.97 Å². The van der Waals surface area contributed by atoms with Crippen LogP contribution in [0.5, 0.6) is 0 Å². The first-order chi connectivity index (χ1) is 8.02. The fourth-order valence-corrected chi connectivity index (χ4v) is 2.64. The molecule has 4 nitrogen and oxygen atoms in total. The Hall–Kier alpha value is -0.610. The van der Waals surface area contributed by atoms with E-state index in [1.54, 1.807) is 0 Å². The van der Waals surface area contributed by atoms with Gasteiger partial charge in [-0.25, -0.2) is 0 Å². The largest absolute Gasteiger partial charge is 0.480 e. The molecule has 0 aromatic carbocycles. The van der Waals surface area contributed by atoms with Crippen LogP contribution in [0.25, 0.3) is 0 Å². The van der Waals surface area contributed by atoms with Crippen LogP contribution in [-0.2, 0) is 9.53 Å². The summed E-state index contributed by atoms with van der Waals surface area (Å²) in [6, 6.07) is 0.188. The molecule has 0 amide bonds. The smallest absolute Gasteiger partial charge is 0.324 e. The molecule has 2 atom stereocenters. The van der Waals surface area contributed by atoms with E-state index >= 15 is 0 Å². The second-order valence-electron chi connectivity index (χ2n) is 5.83. The molecule has 0 heterocycles. The number of carbonyl (C=O) groups is 1. The van der Waals surface area contributed by atoms with E-state index in [-0.39, 0.29) is 12.1 Å². The number of carboxylic acids is 1. The lowest BCUT2D eigenvalue weighted by atomic mass is 9.96. The van der Waals surface area contributed by atoms with E-state index in [9.17, 15) is 9.90 Å². The van der Waals surface area contributed by atoms with Crippen molar-refractivity contribution in [3.05, 3.63) is 0 Å². The van der Waals surface area contributed by atoms with E-state index in [4.69, 9.17) is 4.74 Å². The molecular weight excluding hydrogens is 218 g/mol. The molecule has 2 aliphatic rings. The first-order valence-corrected chi connectivity index (χ1v) is 6.64. The molecule has 98 valence electrons. The highest BCUT2D eigenvalue weighted by Gasteiger charge is 2.46. The first kappa shape index (κ1) is 12.8. The van der Waals surface area contributed by atoms with Gasteiger partial charge in [-0.1, -0.05) is 0 Å². The van der Waals surface area contributed by atoms with Crippen molar-refractivity contribution in [1.82, 2.24) is 5.32 Å². The fourth-order valence-electron chi connectivity index (χ4n) is 2.64. The first-order valence-electron chi connectivity index (χ1n) is 6.64. The average molecular weight is 241 g/mol. The fraction of sp³-hybridized carbons (Fsp3) is 0.923. The van der Waals surface area contributed by atoms with Crippen molar-refractivity contribution in [2.75, 3.05) is 6.61 Å². The highest BCUT2D eigenvalue weighted by atomic mass is 16.5. The van der Waals surface area contributed by atoms with E-state index in [0.717, 1.165) is 18.9 Å². The van der Waals surface area contributed by atoms with Gasteiger partial charge in [0.2, 0.25) is 0 Å². The van der Waals surface area contributed by atoms with Crippen molar-refractivity contribution in [1.29, 1.82) is 0 Å². The number of hydrogen-bond donors (Lipinski definition) is 2. The van der Waals surface area contributed by atoms with Gasteiger partial charge in [0.15, 0.2) is 0 Å². The van der Waals surface area contributed by atoms with Gasteiger partial charge in [-0.2, -0.15) is 0 Å². The van der Waals surface area contributed by atoms with E-state index < -0.39 is 11.5 Å². The number of carboxylic acid groups (broad SMARTS) is 1. The third-order valence-electron chi connectivity index (χ3n) is 3.71. The summed E-state index contributed by atoms with van der Waals surface area (Å²) in [5.41, 5.74) is -0.762. The molecule has 2 aliphatic carbocycles. The zero-order valence-corrected chi connectivity index (χ0v) is 10.7. The minimum atomic E-state index is -0.762. The van der Waals surface area contributed by atoms with Crippen LogP contribution in [-0.4, -0.2) is 35.4 Å². The molecule has 2 fully saturated rings. The zero-order chi connectivity index (χ0) is 12.5. The number of nitrogens with one attached hydrogen (secondary N) is 1. The Morgan fingerprint density at radius 2 is 2.18 bits per heavy atom. The number of hydrogen-bond acceptors (Lipinski definition) is 3. The summed E-state index contributed by atoms with van der Waals surface area (Å²) in [7, 11) is 0. The molecule has 0 saturated heterocycles. The maximum absolute atomic E-state index is 11.4. The maximum Gasteiger partial charge on any atom is 0.324 e. The summed E-state index contributed by atoms with van der Waals surface area (Å²) in [5, 5.41) is 12.6. The molecule has 17 heavy (non-hydrogen) atoms. The summed E-state index contributed by atoms with van der Waals surface area (Å²) in [5.74, 6) is 0.0107. The van der Waals surface area contributed by atoms with Crippen LogP contribution in [0.15, 0.2) is 0 Å². The van der Waals surface area contributed by atoms with Gasteiger partial charge in [-0.3, -0.25) is 10.1 Å². The topological polar surface area (TPSA) is 58.6 Å². The van der Waals surface area contributed by atoms with E-state index in [1.165, 1.54) is 12.8 Å². The number of aliphatic carboxylic acids is 1. The predicted octanol–water partition coefficient (Wildman–Crippen LogP) is 1.79. The Balaban J connectivity index is 1.87. The lowest BCUT2D eigenvalue weighted by Gasteiger charge is -2.28. The standard InChI is InChI=1S/C13H23NO3/c1-9(2)14-13(12(15)16)6-5-11(7-13)17-8-10-3-4-10/h9-11,14H,3-8H2,1-2H3,(H,15,16). The molecule has 2 N–H and O–H groups in total. The minimum absolute atomic E-state index is 0.123. The molecule has 4 heteroatoms. The lowest BCUT2D eigenvalue weighted by molar-refractivity contribution is -0.145. The van der Waals surface area contributed by atoms with E-state index in [0.29, 0.717) is 12.8 Å². The Labute approximate surface area is 103 Å². The summed E-state index contributed by atoms with van der Waals surface area (Å²) in [4.78, 5) is 11.4. The van der Waals surface area contributed by atoms with Crippen LogP contribution in [0.4, 0.5) is 0 Å². The number of ether oxygens (including phenoxy) is 1. The molecular formula is C13H23NO3. The molecule has 0 aromatic rings. The molecule has 0 aromatic heterocycles. The van der Waals surface area contributed by atoms with Crippen molar-refractivity contribution in [3.8, 4) is 0 Å². The van der Waals surface area contributed by atoms with Crippen LogP contribution in [0.1, 0.15) is 46.0 Å². The second-order valence-corrected chi connectivity index (χ2v) is 5.83. The molecule has 0 aliphatic heterocycles. The SMILES string of the molecule is CC(C)NC1(C(=O)O)CCC(OCC2CC2)C1. The molecule has 0 bridgehead atoms. The summed E-state index contributed by atoms with van der Waals surface area (Å²) < 4.78 is 5.81. The predicted molar refractivity (Wildman–Crippen MR) is 65.0 cm³/mol. The normalized spacial score (nSPS) is 33.2. The lowest BCUT2D eigenvalue weighted by Crippen LogP contribution is -2.53. The van der Waals surface area contributed by atoms with Crippen molar-refractivity contribution in [2.24, 2.45) is 5.92 Å². The third kappa shape index (κ3) is 3.19. The summed E-state index contributed by atoms with van der Waals surface area (Å²) in [6.45, 7) is 4.80. The minimum Gasteiger partial charge on any atom is -0.480 e. The van der Waals surface area contributed by atoms with Gasteiger partial charge < -0.3 is 9.84 Å². The van der Waals surface area contributed by atoms with Crippen molar-refractivity contribution < 1.29 is 14.6 Å². The highest BCUT2D eigenvalue weighted by Crippen LogP contribution is 2.35. The van der Waals surface area contributed by atoms with Crippen molar-refractivity contribution in [2.45, 2.75) is 63.6 Å². The van der Waals surface area contributed by atoms with Gasteiger partial charge in [0.1, 0.15) is 5.54 Å². The monoisotopic (exact) mass is 241 g/mol. The van der Waals surface area contributed by atoms with Gasteiger partial charge >= 0.3 is 5.97 Å². The van der Waals surface area contributed by atoms with Crippen LogP contribution < -0.4 is 5.32 Å². The molecule has 2 unspecified atom stereocenters. The summed E-state index contributed by atoms with van der Waals surface area (Å²) in [6.07, 6.45) is 4.82. The van der Waals surface area contributed by atoms with Gasteiger partial charge in [0, 0.05) is 19.1 Å². The Bertz CT molecular complexity index is 288. The van der Waals surface area contributed by atoms with Crippen LogP contribution in [0.2, 0.25) is 0 Å². The number of rotatable bonds is 6. The van der Waals surface area contributed by atoms with E-state index in [1.807, 2.05) is 13.8 Å². The van der Waals surface area contributed by atoms with Gasteiger partial charge in [0.05, 0.1) is 6.10 Å². The van der Waals surface area contributed by atoms with Crippen LogP contribution in [0.3, 0.4) is 0 Å². The third-order valence-corrected chi connectivity index (χ3v) is 3.71. The molecule has 2 saturated carbocycles. The van der Waals surface area contributed by atoms with Gasteiger partial charge in [-0.05, 0) is 45.4 Å². The second kappa shape index (κ2) is 4.94. The van der Waals surface area contributed by atoms with E-state index in [2.05, 4.69) is 5.32 Å². The molecule has 0 radical (unpaired) electrons. The average Bonchev–Trinajstić information content (AvgIpc) is 2.97. The van der Waals surface area contributed by atoms with Crippen LogP contribution in [0, 0.1) is 5.92 Å². The summed E-state index contributed by atoms with van der Waals surface area (Å²) >= 11 is 0. The Kier molecular flexibility index (Phi) is 3.73. The molecule has 2 rings (SSSR count). The zero-order valence-electron chi connectivity index (χ0n) is 10.7. The van der Waals surface area contributed by atoms with Crippen molar-refractivity contribution in [3.63, 3.8) is 0 Å². The maximum atomic E-state index is 11.4. The Morgan fingerprint density at radius 1 is 1.47 bits per heavy atom. The molecule has 0 spiro atoms. The highest BCUT2D eigenvalue weighted by molar-refractivity contribution is 5.79. The van der Waals surface area contributed by atoms with Crippen LogP contribution >= 0.6 is 0 Å². The quantitative estimate of drug-likeness (QED) is 0.744. The Morgan fingerprint density at radius 3 is 2.71 bits per heavy atom. The van der Waals surface area contributed by atoms with Gasteiger partial charge in [0.25, 0.3) is 0 Å². The van der Waals surface area contributed by atoms with Gasteiger partial charge in [-0.15, -0.1) is 0 Å².